The van der Waals surface area contributed by atoms with Crippen LogP contribution in [0.2, 0.25) is 0 Å². The zero-order valence-electron chi connectivity index (χ0n) is 17.4. The number of ether oxygens (including phenoxy) is 4. The van der Waals surface area contributed by atoms with Gasteiger partial charge in [0, 0.05) is 33.4 Å². The fourth-order valence-electron chi connectivity index (χ4n) is 2.50. The second-order valence-corrected chi connectivity index (χ2v) is 6.36. The third kappa shape index (κ3) is 8.29. The van der Waals surface area contributed by atoms with Crippen molar-refractivity contribution in [3.63, 3.8) is 0 Å². The van der Waals surface area contributed by atoms with Crippen molar-refractivity contribution in [2.24, 2.45) is 0 Å². The van der Waals surface area contributed by atoms with Gasteiger partial charge in [0.1, 0.15) is 6.61 Å². The normalized spacial score (nSPS) is 13.2. The minimum absolute atomic E-state index is 0.435. The van der Waals surface area contributed by atoms with Gasteiger partial charge in [0.15, 0.2) is 12.2 Å². The summed E-state index contributed by atoms with van der Waals surface area (Å²) in [5.41, 5.74) is 1.16. The van der Waals surface area contributed by atoms with E-state index in [1.165, 1.54) is 0 Å². The molecule has 0 aliphatic carbocycles. The average molecular weight is 423 g/mol. The van der Waals surface area contributed by atoms with Gasteiger partial charge in [0.2, 0.25) is 6.10 Å². The molecule has 30 heavy (non-hydrogen) atoms. The lowest BCUT2D eigenvalue weighted by atomic mass is 10.1. The summed E-state index contributed by atoms with van der Waals surface area (Å²) in [5.74, 6) is -3.98. The predicted molar refractivity (Wildman–Crippen MR) is 103 cm³/mol. The van der Waals surface area contributed by atoms with Crippen molar-refractivity contribution >= 4 is 35.5 Å². The van der Waals surface area contributed by atoms with Crippen LogP contribution in [0.1, 0.15) is 33.3 Å². The van der Waals surface area contributed by atoms with Gasteiger partial charge in [-0.05, 0) is 18.6 Å². The van der Waals surface area contributed by atoms with Crippen LogP contribution >= 0.6 is 0 Å². The first-order chi connectivity index (χ1) is 14.0. The predicted octanol–water partition coefficient (Wildman–Crippen LogP) is 1.29. The Balaban J connectivity index is 3.30. The molecule has 1 N–H and O–H groups in total. The third-order valence-electron chi connectivity index (χ3n) is 3.69. The van der Waals surface area contributed by atoms with Gasteiger partial charge in [-0.3, -0.25) is 24.0 Å². The van der Waals surface area contributed by atoms with E-state index in [1.54, 1.807) is 31.2 Å². The molecular weight excluding hydrogens is 398 g/mol. The number of rotatable bonds is 9. The maximum atomic E-state index is 12.9. The molecule has 3 atom stereocenters. The molecule has 0 unspecified atom stereocenters. The van der Waals surface area contributed by atoms with Crippen molar-refractivity contribution in [2.75, 3.05) is 11.9 Å². The molecule has 164 valence electrons. The molecule has 0 bridgehead atoms. The van der Waals surface area contributed by atoms with Gasteiger partial charge in [-0.25, -0.2) is 0 Å². The van der Waals surface area contributed by atoms with E-state index in [4.69, 9.17) is 18.9 Å². The van der Waals surface area contributed by atoms with Crippen molar-refractivity contribution in [3.8, 4) is 0 Å². The number of carbonyl (C=O) groups is 5. The molecule has 0 saturated carbocycles. The summed E-state index contributed by atoms with van der Waals surface area (Å²) in [6.07, 6.45) is -4.66. The number of benzene rings is 1. The Morgan fingerprint density at radius 3 is 1.90 bits per heavy atom. The first kappa shape index (κ1) is 24.6. The van der Waals surface area contributed by atoms with Crippen LogP contribution < -0.4 is 5.32 Å². The Hall–Kier alpha value is -3.43. The van der Waals surface area contributed by atoms with Crippen LogP contribution in [0.4, 0.5) is 5.69 Å². The minimum Gasteiger partial charge on any atom is -0.462 e. The standard InChI is InChI=1S/C20H25NO9/c1-11-8-6-7-9-16(11)21-20(26)19(30-15(5)25)18(29-14(4)24)17(28-13(3)23)10-27-12(2)22/h6-9,17-19H,10H2,1-5H3,(H,21,26)/t17-,18-,19+/m1/s1. The van der Waals surface area contributed by atoms with Crippen LogP contribution in [-0.4, -0.2) is 54.7 Å². The number of aryl methyl sites for hydroxylation is 1. The highest BCUT2D eigenvalue weighted by Gasteiger charge is 2.42. The number of esters is 4. The molecule has 0 aromatic heterocycles. The summed E-state index contributed by atoms with van der Waals surface area (Å²) in [4.78, 5) is 59.0. The minimum atomic E-state index is -1.69. The molecule has 10 heteroatoms. The van der Waals surface area contributed by atoms with E-state index in [9.17, 15) is 24.0 Å². The average Bonchev–Trinajstić information content (AvgIpc) is 2.62. The molecule has 0 saturated heterocycles. The van der Waals surface area contributed by atoms with Crippen molar-refractivity contribution < 1.29 is 42.9 Å². The monoisotopic (exact) mass is 423 g/mol. The Labute approximate surface area is 173 Å². The van der Waals surface area contributed by atoms with Gasteiger partial charge in [0.05, 0.1) is 0 Å². The lowest BCUT2D eigenvalue weighted by molar-refractivity contribution is -0.190. The summed E-state index contributed by atoms with van der Waals surface area (Å²) in [5, 5.41) is 2.59. The summed E-state index contributed by atoms with van der Waals surface area (Å²) in [6, 6.07) is 6.84. The number of amides is 1. The van der Waals surface area contributed by atoms with E-state index >= 15 is 0 Å². The van der Waals surface area contributed by atoms with Crippen LogP contribution in [0, 0.1) is 6.92 Å². The highest BCUT2D eigenvalue weighted by molar-refractivity contribution is 5.96. The summed E-state index contributed by atoms with van der Waals surface area (Å²) in [6.45, 7) is 5.56. The van der Waals surface area contributed by atoms with Gasteiger partial charge >= 0.3 is 23.9 Å². The molecule has 1 amide bonds. The Morgan fingerprint density at radius 1 is 0.833 bits per heavy atom. The lowest BCUT2D eigenvalue weighted by Crippen LogP contribution is -2.52. The largest absolute Gasteiger partial charge is 0.462 e. The number of nitrogens with one attached hydrogen (secondary N) is 1. The van der Waals surface area contributed by atoms with Gasteiger partial charge in [-0.1, -0.05) is 18.2 Å². The molecule has 1 aromatic rings. The van der Waals surface area contributed by atoms with Crippen molar-refractivity contribution in [3.05, 3.63) is 29.8 Å². The van der Waals surface area contributed by atoms with E-state index in [0.717, 1.165) is 33.3 Å². The van der Waals surface area contributed by atoms with Crippen molar-refractivity contribution in [1.82, 2.24) is 0 Å². The van der Waals surface area contributed by atoms with Crippen LogP contribution in [-0.2, 0) is 42.9 Å². The molecule has 0 fully saturated rings. The Kier molecular flexibility index (Phi) is 9.47. The quantitative estimate of drug-likeness (QED) is 0.460. The third-order valence-corrected chi connectivity index (χ3v) is 3.69. The molecule has 0 heterocycles. The maximum Gasteiger partial charge on any atom is 0.303 e. The number of carbonyl (C=O) groups excluding carboxylic acids is 5. The molecule has 0 spiro atoms. The van der Waals surface area contributed by atoms with Crippen molar-refractivity contribution in [2.45, 2.75) is 52.9 Å². The topological polar surface area (TPSA) is 134 Å². The van der Waals surface area contributed by atoms with Crippen LogP contribution in [0.3, 0.4) is 0 Å². The van der Waals surface area contributed by atoms with E-state index in [1.807, 2.05) is 0 Å². The van der Waals surface area contributed by atoms with Gasteiger partial charge in [-0.15, -0.1) is 0 Å². The smallest absolute Gasteiger partial charge is 0.303 e. The second kappa shape index (κ2) is 11.5. The highest BCUT2D eigenvalue weighted by Crippen LogP contribution is 2.19. The fraction of sp³-hybridized carbons (Fsp3) is 0.450. The maximum absolute atomic E-state index is 12.9. The van der Waals surface area contributed by atoms with E-state index in [0.29, 0.717) is 5.69 Å². The van der Waals surface area contributed by atoms with E-state index < -0.39 is 54.7 Å². The SMILES string of the molecule is CC(=O)OC[C@@H](OC(C)=O)[C@@H](OC(C)=O)[C@H](OC(C)=O)C(=O)Nc1ccccc1C. The van der Waals surface area contributed by atoms with Gasteiger partial charge < -0.3 is 24.3 Å². The lowest BCUT2D eigenvalue weighted by Gasteiger charge is -2.31. The second-order valence-electron chi connectivity index (χ2n) is 6.36. The molecule has 1 aromatic carbocycles. The zero-order valence-corrected chi connectivity index (χ0v) is 17.4. The molecule has 0 radical (unpaired) electrons. The van der Waals surface area contributed by atoms with E-state index in [2.05, 4.69) is 5.32 Å². The number of hydrogen-bond acceptors (Lipinski definition) is 9. The number of hydrogen-bond donors (Lipinski definition) is 1. The summed E-state index contributed by atoms with van der Waals surface area (Å²) >= 11 is 0. The molecular formula is C20H25NO9. The summed E-state index contributed by atoms with van der Waals surface area (Å²) in [7, 11) is 0. The number of para-hydroxylation sites is 1. The molecule has 0 aliphatic rings. The number of anilines is 1. The Morgan fingerprint density at radius 2 is 1.40 bits per heavy atom. The van der Waals surface area contributed by atoms with Gasteiger partial charge in [-0.2, -0.15) is 0 Å². The first-order valence-corrected chi connectivity index (χ1v) is 9.02. The van der Waals surface area contributed by atoms with E-state index in [-0.39, 0.29) is 0 Å². The Bertz CT molecular complexity index is 805. The highest BCUT2D eigenvalue weighted by atomic mass is 16.6. The summed E-state index contributed by atoms with van der Waals surface area (Å²) < 4.78 is 20.2. The van der Waals surface area contributed by atoms with Crippen LogP contribution in [0.25, 0.3) is 0 Å². The molecule has 1 rings (SSSR count). The van der Waals surface area contributed by atoms with Crippen LogP contribution in [0.5, 0.6) is 0 Å². The van der Waals surface area contributed by atoms with Crippen LogP contribution in [0.15, 0.2) is 24.3 Å². The fourth-order valence-corrected chi connectivity index (χ4v) is 2.50. The first-order valence-electron chi connectivity index (χ1n) is 9.02. The van der Waals surface area contributed by atoms with Gasteiger partial charge in [0.25, 0.3) is 5.91 Å². The van der Waals surface area contributed by atoms with Crippen molar-refractivity contribution in [1.29, 1.82) is 0 Å². The molecule has 10 nitrogen and oxygen atoms in total. The molecule has 0 aliphatic heterocycles. The zero-order chi connectivity index (χ0) is 22.8.